The van der Waals surface area contributed by atoms with Crippen molar-refractivity contribution in [2.24, 2.45) is 0 Å². The fourth-order valence-corrected chi connectivity index (χ4v) is 2.06. The number of fused-ring (bicyclic) bond motifs is 1. The molecule has 0 saturated heterocycles. The lowest BCUT2D eigenvalue weighted by Gasteiger charge is -2.21. The molecule has 0 fully saturated rings. The molecule has 0 aliphatic heterocycles. The number of rotatable bonds is 0. The first-order valence-corrected chi connectivity index (χ1v) is 5.41. The van der Waals surface area contributed by atoms with Crippen LogP contribution in [0.4, 0.5) is 0 Å². The van der Waals surface area contributed by atoms with Crippen LogP contribution in [0, 0.1) is 0 Å². The van der Waals surface area contributed by atoms with Gasteiger partial charge in [0.05, 0.1) is 10.5 Å². The number of halogens is 1. The van der Waals surface area contributed by atoms with E-state index in [1.165, 1.54) is 5.56 Å². The van der Waals surface area contributed by atoms with Gasteiger partial charge in [-0.25, -0.2) is 0 Å². The third kappa shape index (κ3) is 1.84. The van der Waals surface area contributed by atoms with Crippen LogP contribution in [0.2, 0.25) is 5.02 Å². The minimum Gasteiger partial charge on any atom is -0.256 e. The molecule has 0 atom stereocenters. The topological polar surface area (TPSA) is 12.9 Å². The van der Waals surface area contributed by atoms with Gasteiger partial charge in [-0.1, -0.05) is 38.4 Å². The number of pyridine rings is 1. The molecule has 2 heteroatoms. The fraction of sp³-hybridized carbons (Fsp3) is 0.308. The number of hydrogen-bond acceptors (Lipinski definition) is 1. The van der Waals surface area contributed by atoms with Crippen molar-refractivity contribution in [1.82, 2.24) is 4.98 Å². The minimum atomic E-state index is 0.0895. The standard InChI is InChI=1S/C13H14ClN/c1-13(2,3)9-7-8-15-11-6-4-5-10(14)12(9)11/h4-8H,1-3H3. The first-order chi connectivity index (χ1) is 7.00. The van der Waals surface area contributed by atoms with Gasteiger partial charge in [0.2, 0.25) is 0 Å². The van der Waals surface area contributed by atoms with Gasteiger partial charge in [0.15, 0.2) is 0 Å². The van der Waals surface area contributed by atoms with E-state index in [4.69, 9.17) is 11.6 Å². The molecule has 1 aromatic heterocycles. The molecule has 15 heavy (non-hydrogen) atoms. The number of hydrogen-bond donors (Lipinski definition) is 0. The quantitative estimate of drug-likeness (QED) is 0.648. The normalized spacial score (nSPS) is 12.0. The summed E-state index contributed by atoms with van der Waals surface area (Å²) in [5.41, 5.74) is 2.31. The molecule has 0 aliphatic carbocycles. The summed E-state index contributed by atoms with van der Waals surface area (Å²) in [6, 6.07) is 7.90. The monoisotopic (exact) mass is 219 g/mol. The summed E-state index contributed by atoms with van der Waals surface area (Å²) in [7, 11) is 0. The van der Waals surface area contributed by atoms with Crippen molar-refractivity contribution in [2.75, 3.05) is 0 Å². The highest BCUT2D eigenvalue weighted by Gasteiger charge is 2.18. The lowest BCUT2D eigenvalue weighted by molar-refractivity contribution is 0.595. The molecule has 78 valence electrons. The maximum Gasteiger partial charge on any atom is 0.0719 e. The SMILES string of the molecule is CC(C)(C)c1ccnc2cccc(Cl)c12. The Morgan fingerprint density at radius 3 is 2.53 bits per heavy atom. The van der Waals surface area contributed by atoms with Gasteiger partial charge in [-0.2, -0.15) is 0 Å². The van der Waals surface area contributed by atoms with E-state index in [0.29, 0.717) is 0 Å². The van der Waals surface area contributed by atoms with Crippen LogP contribution in [0.1, 0.15) is 26.3 Å². The van der Waals surface area contributed by atoms with E-state index >= 15 is 0 Å². The van der Waals surface area contributed by atoms with E-state index in [2.05, 4.69) is 25.8 Å². The molecule has 0 spiro atoms. The van der Waals surface area contributed by atoms with Crippen molar-refractivity contribution >= 4 is 22.5 Å². The molecule has 0 amide bonds. The van der Waals surface area contributed by atoms with Gasteiger partial charge in [-0.05, 0) is 29.2 Å². The Hall–Kier alpha value is -1.08. The van der Waals surface area contributed by atoms with E-state index in [1.54, 1.807) is 0 Å². The van der Waals surface area contributed by atoms with Crippen LogP contribution < -0.4 is 0 Å². The molecule has 0 radical (unpaired) electrons. The predicted octanol–water partition coefficient (Wildman–Crippen LogP) is 4.19. The summed E-state index contributed by atoms with van der Waals surface area (Å²) in [5, 5.41) is 1.86. The zero-order valence-corrected chi connectivity index (χ0v) is 9.97. The fourth-order valence-electron chi connectivity index (χ4n) is 1.79. The van der Waals surface area contributed by atoms with Crippen molar-refractivity contribution < 1.29 is 0 Å². The zero-order valence-electron chi connectivity index (χ0n) is 9.21. The van der Waals surface area contributed by atoms with Crippen molar-refractivity contribution in [3.8, 4) is 0 Å². The Morgan fingerprint density at radius 2 is 1.87 bits per heavy atom. The second kappa shape index (κ2) is 3.49. The maximum atomic E-state index is 6.23. The van der Waals surface area contributed by atoms with Crippen LogP contribution in [0.5, 0.6) is 0 Å². The molecule has 0 bridgehead atoms. The third-order valence-corrected chi connectivity index (χ3v) is 2.84. The summed E-state index contributed by atoms with van der Waals surface area (Å²) in [4.78, 5) is 4.33. The lowest BCUT2D eigenvalue weighted by atomic mass is 9.85. The highest BCUT2D eigenvalue weighted by molar-refractivity contribution is 6.35. The zero-order chi connectivity index (χ0) is 11.1. The van der Waals surface area contributed by atoms with Gasteiger partial charge in [0.1, 0.15) is 0 Å². The second-order valence-corrected chi connectivity index (χ2v) is 5.15. The van der Waals surface area contributed by atoms with E-state index < -0.39 is 0 Å². The van der Waals surface area contributed by atoms with Crippen molar-refractivity contribution in [2.45, 2.75) is 26.2 Å². The van der Waals surface area contributed by atoms with Gasteiger partial charge < -0.3 is 0 Å². The summed E-state index contributed by atoms with van der Waals surface area (Å²) < 4.78 is 0. The average Bonchev–Trinajstić information content (AvgIpc) is 2.16. The molecule has 2 aromatic rings. The predicted molar refractivity (Wildman–Crippen MR) is 65.5 cm³/mol. The highest BCUT2D eigenvalue weighted by Crippen LogP contribution is 2.33. The molecule has 1 heterocycles. The van der Waals surface area contributed by atoms with Crippen molar-refractivity contribution in [3.63, 3.8) is 0 Å². The van der Waals surface area contributed by atoms with E-state index in [-0.39, 0.29) is 5.41 Å². The molecule has 0 N–H and O–H groups in total. The summed E-state index contributed by atoms with van der Waals surface area (Å²) in [6.45, 7) is 6.56. The van der Waals surface area contributed by atoms with Crippen molar-refractivity contribution in [1.29, 1.82) is 0 Å². The molecule has 0 saturated carbocycles. The smallest absolute Gasteiger partial charge is 0.0719 e. The molecular weight excluding hydrogens is 206 g/mol. The lowest BCUT2D eigenvalue weighted by Crippen LogP contribution is -2.12. The first-order valence-electron chi connectivity index (χ1n) is 5.04. The Balaban J connectivity index is 2.86. The Bertz CT molecular complexity index is 492. The summed E-state index contributed by atoms with van der Waals surface area (Å²) in [6.07, 6.45) is 1.85. The van der Waals surface area contributed by atoms with Crippen LogP contribution in [-0.2, 0) is 5.41 Å². The van der Waals surface area contributed by atoms with Crippen LogP contribution in [0.3, 0.4) is 0 Å². The van der Waals surface area contributed by atoms with E-state index in [0.717, 1.165) is 15.9 Å². The first kappa shape index (κ1) is 10.4. The summed E-state index contributed by atoms with van der Waals surface area (Å²) >= 11 is 6.23. The van der Waals surface area contributed by atoms with Gasteiger partial charge in [0.25, 0.3) is 0 Å². The molecular formula is C13H14ClN. The number of benzene rings is 1. The van der Waals surface area contributed by atoms with Crippen LogP contribution >= 0.6 is 11.6 Å². The maximum absolute atomic E-state index is 6.23. The van der Waals surface area contributed by atoms with E-state index in [9.17, 15) is 0 Å². The van der Waals surface area contributed by atoms with Gasteiger partial charge in [0, 0.05) is 11.6 Å². The van der Waals surface area contributed by atoms with Crippen LogP contribution in [0.25, 0.3) is 10.9 Å². The minimum absolute atomic E-state index is 0.0895. The van der Waals surface area contributed by atoms with Crippen LogP contribution in [-0.4, -0.2) is 4.98 Å². The van der Waals surface area contributed by atoms with Gasteiger partial charge >= 0.3 is 0 Å². The van der Waals surface area contributed by atoms with Gasteiger partial charge in [-0.15, -0.1) is 0 Å². The van der Waals surface area contributed by atoms with Crippen LogP contribution in [0.15, 0.2) is 30.5 Å². The third-order valence-electron chi connectivity index (χ3n) is 2.52. The number of nitrogens with zero attached hydrogens (tertiary/aromatic N) is 1. The highest BCUT2D eigenvalue weighted by atomic mass is 35.5. The Morgan fingerprint density at radius 1 is 1.13 bits per heavy atom. The molecule has 1 aromatic carbocycles. The second-order valence-electron chi connectivity index (χ2n) is 4.74. The van der Waals surface area contributed by atoms with Crippen molar-refractivity contribution in [3.05, 3.63) is 41.0 Å². The molecule has 1 nitrogen and oxygen atoms in total. The Labute approximate surface area is 95.1 Å². The summed E-state index contributed by atoms with van der Waals surface area (Å²) in [5.74, 6) is 0. The molecule has 2 rings (SSSR count). The van der Waals surface area contributed by atoms with E-state index in [1.807, 2.05) is 30.5 Å². The number of aromatic nitrogens is 1. The van der Waals surface area contributed by atoms with Gasteiger partial charge in [-0.3, -0.25) is 4.98 Å². The largest absolute Gasteiger partial charge is 0.256 e. The molecule has 0 aliphatic rings. The Kier molecular flexibility index (Phi) is 2.43. The average molecular weight is 220 g/mol. The molecule has 0 unspecified atom stereocenters.